The van der Waals surface area contributed by atoms with Gasteiger partial charge in [0.1, 0.15) is 6.04 Å². The summed E-state index contributed by atoms with van der Waals surface area (Å²) in [5.74, 6) is -2.51. The smallest absolute Gasteiger partial charge is 0.328 e. The number of aliphatic hydroxyl groups excluding tert-OH is 1. The fourth-order valence-electron chi connectivity index (χ4n) is 3.20. The Hall–Kier alpha value is -3.21. The summed E-state index contributed by atoms with van der Waals surface area (Å²) in [6.45, 7) is 0.0697. The number of ether oxygens (including phenoxy) is 2. The summed E-state index contributed by atoms with van der Waals surface area (Å²) in [6, 6.07) is 6.49. The molecule has 180 valence electrons. The first-order valence-electron chi connectivity index (χ1n) is 10.5. The van der Waals surface area contributed by atoms with Gasteiger partial charge in [-0.05, 0) is 37.1 Å². The highest BCUT2D eigenvalue weighted by atomic mass is 35.5. The lowest BCUT2D eigenvalue weighted by Crippen LogP contribution is -2.42. The molecule has 0 aromatic carbocycles. The van der Waals surface area contributed by atoms with Crippen LogP contribution in [0.4, 0.5) is 4.39 Å². The van der Waals surface area contributed by atoms with Crippen LogP contribution in [-0.2, 0) is 20.7 Å². The summed E-state index contributed by atoms with van der Waals surface area (Å²) in [5, 5.41) is 13.4. The van der Waals surface area contributed by atoms with Gasteiger partial charge in [-0.25, -0.2) is 19.2 Å². The number of hydrogen-bond donors (Lipinski definition) is 2. The van der Waals surface area contributed by atoms with Gasteiger partial charge in [-0.2, -0.15) is 0 Å². The zero-order chi connectivity index (χ0) is 24.5. The fraction of sp³-hybridized carbons (Fsp3) is 0.348. The van der Waals surface area contributed by atoms with E-state index in [4.69, 9.17) is 21.1 Å². The van der Waals surface area contributed by atoms with Crippen molar-refractivity contribution in [2.24, 2.45) is 0 Å². The standard InChI is InChI=1S/C23H24ClFN4O5/c1-33-23(32)19(29-22(31)20-17(24)11-26-12-18(20)25)8-10-34-13-16(30)7-6-15-5-4-14-3-2-9-27-21(14)28-15/h2-5,9,11-12,16,19,30H,6-8,10,13H2,1H3,(H,29,31). The van der Waals surface area contributed by atoms with Gasteiger partial charge in [0.15, 0.2) is 11.5 Å². The molecular formula is C23H24ClFN4O5. The van der Waals surface area contributed by atoms with E-state index in [-0.39, 0.29) is 24.7 Å². The Balaban J connectivity index is 1.45. The molecule has 0 aliphatic heterocycles. The van der Waals surface area contributed by atoms with Crippen LogP contribution >= 0.6 is 11.6 Å². The van der Waals surface area contributed by atoms with Crippen molar-refractivity contribution in [2.75, 3.05) is 20.3 Å². The molecule has 0 spiro atoms. The normalized spacial score (nSPS) is 12.8. The number of hydrogen-bond acceptors (Lipinski definition) is 8. The van der Waals surface area contributed by atoms with E-state index in [1.807, 2.05) is 24.3 Å². The first kappa shape index (κ1) is 25.4. The van der Waals surface area contributed by atoms with Crippen molar-refractivity contribution >= 4 is 34.5 Å². The molecule has 1 amide bonds. The third kappa shape index (κ3) is 6.89. The maximum atomic E-state index is 13.9. The van der Waals surface area contributed by atoms with E-state index in [1.54, 1.807) is 6.20 Å². The van der Waals surface area contributed by atoms with Crippen LogP contribution in [0.15, 0.2) is 42.9 Å². The van der Waals surface area contributed by atoms with Gasteiger partial charge in [0.2, 0.25) is 0 Å². The minimum Gasteiger partial charge on any atom is -0.467 e. The molecule has 34 heavy (non-hydrogen) atoms. The third-order valence-electron chi connectivity index (χ3n) is 4.99. The number of nitrogens with one attached hydrogen (secondary N) is 1. The molecule has 3 heterocycles. The van der Waals surface area contributed by atoms with Crippen LogP contribution in [0.25, 0.3) is 11.0 Å². The Labute approximate surface area is 200 Å². The third-order valence-corrected chi connectivity index (χ3v) is 5.27. The Kier molecular flexibility index (Phi) is 9.20. The lowest BCUT2D eigenvalue weighted by atomic mass is 10.1. The van der Waals surface area contributed by atoms with Crippen LogP contribution in [0.5, 0.6) is 0 Å². The van der Waals surface area contributed by atoms with E-state index in [0.29, 0.717) is 18.5 Å². The molecule has 9 nitrogen and oxygen atoms in total. The van der Waals surface area contributed by atoms with E-state index >= 15 is 0 Å². The number of amides is 1. The molecule has 0 radical (unpaired) electrons. The van der Waals surface area contributed by atoms with E-state index < -0.39 is 35.4 Å². The van der Waals surface area contributed by atoms with Gasteiger partial charge in [0, 0.05) is 36.5 Å². The number of methoxy groups -OCH3 is 1. The summed E-state index contributed by atoms with van der Waals surface area (Å²) in [6.07, 6.45) is 3.90. The molecule has 0 saturated heterocycles. The molecule has 2 unspecified atom stereocenters. The van der Waals surface area contributed by atoms with Crippen molar-refractivity contribution in [1.82, 2.24) is 20.3 Å². The quantitative estimate of drug-likeness (QED) is 0.310. The van der Waals surface area contributed by atoms with E-state index in [9.17, 15) is 19.1 Å². The number of fused-ring (bicyclic) bond motifs is 1. The minimum absolute atomic E-state index is 0.0263. The van der Waals surface area contributed by atoms with E-state index in [1.165, 1.54) is 7.11 Å². The molecular weight excluding hydrogens is 467 g/mol. The lowest BCUT2D eigenvalue weighted by Gasteiger charge is -2.18. The van der Waals surface area contributed by atoms with Gasteiger partial charge in [-0.3, -0.25) is 9.78 Å². The second kappa shape index (κ2) is 12.3. The van der Waals surface area contributed by atoms with Crippen LogP contribution in [-0.4, -0.2) is 64.4 Å². The fourth-order valence-corrected chi connectivity index (χ4v) is 3.43. The van der Waals surface area contributed by atoms with Crippen LogP contribution in [0, 0.1) is 5.82 Å². The molecule has 3 aromatic rings. The van der Waals surface area contributed by atoms with Gasteiger partial charge in [-0.1, -0.05) is 11.6 Å². The predicted molar refractivity (Wildman–Crippen MR) is 122 cm³/mol. The predicted octanol–water partition coefficient (Wildman–Crippen LogP) is 2.49. The molecule has 0 fully saturated rings. The number of aromatic nitrogens is 3. The van der Waals surface area contributed by atoms with Gasteiger partial charge in [0.05, 0.1) is 36.6 Å². The summed E-state index contributed by atoms with van der Waals surface area (Å²) < 4.78 is 24.1. The van der Waals surface area contributed by atoms with Crippen LogP contribution in [0.2, 0.25) is 5.02 Å². The topological polar surface area (TPSA) is 124 Å². The molecule has 0 bridgehead atoms. The van der Waals surface area contributed by atoms with Crippen molar-refractivity contribution in [3.05, 3.63) is 65.0 Å². The summed E-state index contributed by atoms with van der Waals surface area (Å²) >= 11 is 5.85. The highest BCUT2D eigenvalue weighted by Crippen LogP contribution is 2.17. The Morgan fingerprint density at radius 3 is 2.82 bits per heavy atom. The molecule has 2 atom stereocenters. The van der Waals surface area contributed by atoms with Crippen molar-refractivity contribution in [3.8, 4) is 0 Å². The monoisotopic (exact) mass is 490 g/mol. The Morgan fingerprint density at radius 2 is 2.06 bits per heavy atom. The summed E-state index contributed by atoms with van der Waals surface area (Å²) in [4.78, 5) is 36.7. The molecule has 3 aromatic heterocycles. The van der Waals surface area contributed by atoms with Crippen molar-refractivity contribution in [2.45, 2.75) is 31.4 Å². The van der Waals surface area contributed by atoms with Crippen molar-refractivity contribution < 1.29 is 28.6 Å². The average Bonchev–Trinajstić information content (AvgIpc) is 2.83. The molecule has 2 N–H and O–H groups in total. The Bertz CT molecular complexity index is 1130. The zero-order valence-electron chi connectivity index (χ0n) is 18.4. The number of esters is 1. The number of carbonyl (C=O) groups excluding carboxylic acids is 2. The summed E-state index contributed by atoms with van der Waals surface area (Å²) in [7, 11) is 1.17. The first-order chi connectivity index (χ1) is 16.4. The van der Waals surface area contributed by atoms with Gasteiger partial charge < -0.3 is 19.9 Å². The zero-order valence-corrected chi connectivity index (χ0v) is 19.2. The SMILES string of the molecule is COC(=O)C(CCOCC(O)CCc1ccc2cccnc2n1)NC(=O)c1c(F)cncc1Cl. The summed E-state index contributed by atoms with van der Waals surface area (Å²) in [5.41, 5.74) is 1.04. The number of aliphatic hydroxyl groups is 1. The highest BCUT2D eigenvalue weighted by Gasteiger charge is 2.25. The Morgan fingerprint density at radius 1 is 1.24 bits per heavy atom. The second-order valence-electron chi connectivity index (χ2n) is 7.44. The van der Waals surface area contributed by atoms with Gasteiger partial charge in [-0.15, -0.1) is 0 Å². The number of pyridine rings is 3. The van der Waals surface area contributed by atoms with Crippen molar-refractivity contribution in [1.29, 1.82) is 0 Å². The maximum absolute atomic E-state index is 13.9. The van der Waals surface area contributed by atoms with Crippen LogP contribution in [0.3, 0.4) is 0 Å². The molecule has 0 saturated carbocycles. The second-order valence-corrected chi connectivity index (χ2v) is 7.84. The number of halogens is 2. The molecule has 3 rings (SSSR count). The number of rotatable bonds is 11. The van der Waals surface area contributed by atoms with E-state index in [0.717, 1.165) is 23.5 Å². The largest absolute Gasteiger partial charge is 0.467 e. The molecule has 0 aliphatic carbocycles. The van der Waals surface area contributed by atoms with Gasteiger partial charge in [0.25, 0.3) is 5.91 Å². The highest BCUT2D eigenvalue weighted by molar-refractivity contribution is 6.33. The molecule has 0 aliphatic rings. The average molecular weight is 491 g/mol. The van der Waals surface area contributed by atoms with Crippen molar-refractivity contribution in [3.63, 3.8) is 0 Å². The lowest BCUT2D eigenvalue weighted by molar-refractivity contribution is -0.143. The number of carbonyl (C=O) groups is 2. The first-order valence-corrected chi connectivity index (χ1v) is 10.9. The minimum atomic E-state index is -1.09. The number of nitrogens with zero attached hydrogens (tertiary/aromatic N) is 3. The van der Waals surface area contributed by atoms with E-state index in [2.05, 4.69) is 20.3 Å². The van der Waals surface area contributed by atoms with Gasteiger partial charge >= 0.3 is 5.97 Å². The van der Waals surface area contributed by atoms with Crippen LogP contribution < -0.4 is 5.32 Å². The maximum Gasteiger partial charge on any atom is 0.328 e. The number of aryl methyl sites for hydroxylation is 1. The van der Waals surface area contributed by atoms with Crippen LogP contribution in [0.1, 0.15) is 28.9 Å². The molecule has 11 heteroatoms.